The van der Waals surface area contributed by atoms with Gasteiger partial charge < -0.3 is 20.1 Å². The first-order chi connectivity index (χ1) is 15.3. The molecule has 8 heteroatoms. The molecule has 0 saturated carbocycles. The fourth-order valence-electron chi connectivity index (χ4n) is 4.15. The number of anilines is 2. The van der Waals surface area contributed by atoms with Crippen LogP contribution in [0, 0.1) is 6.92 Å². The van der Waals surface area contributed by atoms with Crippen molar-refractivity contribution in [2.75, 3.05) is 19.0 Å². The minimum atomic E-state index is -0.00293. The summed E-state index contributed by atoms with van der Waals surface area (Å²) in [5.41, 5.74) is 5.88. The number of nitrogens with zero attached hydrogens (tertiary/aromatic N) is 4. The summed E-state index contributed by atoms with van der Waals surface area (Å²) in [6.07, 6.45) is 1.69. The zero-order valence-electron chi connectivity index (χ0n) is 19.1. The Kier molecular flexibility index (Phi) is 5.71. The fraction of sp³-hybridized carbons (Fsp3) is 0.292. The molecular weight excluding hydrogens is 404 g/mol. The Morgan fingerprint density at radius 3 is 2.69 bits per heavy atom. The smallest absolute Gasteiger partial charge is 0.145 e. The van der Waals surface area contributed by atoms with Crippen LogP contribution in [0.2, 0.25) is 0 Å². The van der Waals surface area contributed by atoms with Crippen LogP contribution in [0.4, 0.5) is 11.6 Å². The molecule has 0 fully saturated rings. The van der Waals surface area contributed by atoms with Gasteiger partial charge in [0.25, 0.3) is 0 Å². The van der Waals surface area contributed by atoms with Crippen molar-refractivity contribution in [2.24, 2.45) is 0 Å². The van der Waals surface area contributed by atoms with E-state index in [1.807, 2.05) is 26.0 Å². The van der Waals surface area contributed by atoms with Crippen LogP contribution in [0.3, 0.4) is 0 Å². The van der Waals surface area contributed by atoms with E-state index in [4.69, 9.17) is 4.74 Å². The average molecular weight is 433 g/mol. The summed E-state index contributed by atoms with van der Waals surface area (Å²) in [7, 11) is 1.67. The summed E-state index contributed by atoms with van der Waals surface area (Å²) >= 11 is 0. The van der Waals surface area contributed by atoms with Gasteiger partial charge >= 0.3 is 0 Å². The maximum atomic E-state index is 9.32. The quantitative estimate of drug-likeness (QED) is 0.365. The van der Waals surface area contributed by atoms with Crippen LogP contribution in [0.5, 0.6) is 5.75 Å². The number of hydrogen-bond donors (Lipinski definition) is 3. The van der Waals surface area contributed by atoms with Crippen LogP contribution in [-0.4, -0.2) is 43.6 Å². The minimum absolute atomic E-state index is 0.00293. The van der Waals surface area contributed by atoms with Gasteiger partial charge in [0.05, 0.1) is 31.8 Å². The zero-order valence-corrected chi connectivity index (χ0v) is 19.1. The van der Waals surface area contributed by atoms with E-state index in [1.165, 1.54) is 5.57 Å². The van der Waals surface area contributed by atoms with E-state index in [1.54, 1.807) is 18.0 Å². The topological polar surface area (TPSA) is 101 Å². The lowest BCUT2D eigenvalue weighted by Gasteiger charge is -2.15. The van der Waals surface area contributed by atoms with Gasteiger partial charge in [0.2, 0.25) is 0 Å². The number of aliphatic hydroxyl groups excluding tert-OH is 1. The summed E-state index contributed by atoms with van der Waals surface area (Å²) in [4.78, 5) is 12.7. The van der Waals surface area contributed by atoms with E-state index in [-0.39, 0.29) is 6.61 Å². The molecule has 0 aliphatic heterocycles. The number of H-pyrrole nitrogens is 1. The molecule has 0 aliphatic carbocycles. The van der Waals surface area contributed by atoms with Gasteiger partial charge in [-0.1, -0.05) is 17.7 Å². The third-order valence-electron chi connectivity index (χ3n) is 5.35. The Balaban J connectivity index is 1.96. The third-order valence-corrected chi connectivity index (χ3v) is 5.35. The van der Waals surface area contributed by atoms with Crippen molar-refractivity contribution in [2.45, 2.75) is 34.2 Å². The largest absolute Gasteiger partial charge is 0.496 e. The van der Waals surface area contributed by atoms with Crippen LogP contribution < -0.4 is 10.1 Å². The second-order valence-corrected chi connectivity index (χ2v) is 8.01. The number of aryl methyl sites for hydroxylation is 1. The van der Waals surface area contributed by atoms with Gasteiger partial charge in [0.1, 0.15) is 28.9 Å². The van der Waals surface area contributed by atoms with E-state index in [0.717, 1.165) is 50.2 Å². The van der Waals surface area contributed by atoms with E-state index >= 15 is 0 Å². The van der Waals surface area contributed by atoms with Crippen LogP contribution >= 0.6 is 0 Å². The van der Waals surface area contributed by atoms with Gasteiger partial charge in [-0.25, -0.2) is 14.6 Å². The molecule has 0 bridgehead atoms. The summed E-state index contributed by atoms with van der Waals surface area (Å²) in [5, 5.41) is 18.7. The standard InChI is InChI=1S/C24H28N6O2/c1-13(2)21(14(3)4)17-11-18-16(12-19(17)32-6)22-23(28-18)26-15(5)27-24(22)29-20-7-8-25-30(20)9-10-31/h7-8,11-12,31H,1,9-10H2,2-6H3,(H2,26,27,28,29). The van der Waals surface area contributed by atoms with E-state index in [2.05, 4.69) is 51.9 Å². The molecule has 0 unspecified atom stereocenters. The Bertz CT molecular complexity index is 1360. The molecule has 32 heavy (non-hydrogen) atoms. The van der Waals surface area contributed by atoms with Crippen LogP contribution in [-0.2, 0) is 6.54 Å². The van der Waals surface area contributed by atoms with Gasteiger partial charge in [-0.2, -0.15) is 5.10 Å². The Hall–Kier alpha value is -3.65. The number of aromatic nitrogens is 5. The lowest BCUT2D eigenvalue weighted by atomic mass is 9.94. The number of aromatic amines is 1. The first-order valence-electron chi connectivity index (χ1n) is 10.5. The van der Waals surface area contributed by atoms with Crippen molar-refractivity contribution in [3.8, 4) is 5.75 Å². The maximum absolute atomic E-state index is 9.32. The molecule has 1 aromatic carbocycles. The summed E-state index contributed by atoms with van der Waals surface area (Å²) in [5.74, 6) is 2.80. The van der Waals surface area contributed by atoms with Crippen molar-refractivity contribution >= 4 is 39.1 Å². The SMILES string of the molecule is C=C(C)C(=C(C)C)c1cc2[nH]c3nc(C)nc(Nc4ccnn4CCO)c3c2cc1OC. The highest BCUT2D eigenvalue weighted by Gasteiger charge is 2.19. The first kappa shape index (κ1) is 21.6. The van der Waals surface area contributed by atoms with Crippen LogP contribution in [0.15, 0.2) is 42.1 Å². The van der Waals surface area contributed by atoms with Crippen LogP contribution in [0.1, 0.15) is 32.2 Å². The van der Waals surface area contributed by atoms with E-state index in [9.17, 15) is 5.11 Å². The Morgan fingerprint density at radius 2 is 2.03 bits per heavy atom. The predicted octanol–water partition coefficient (Wildman–Crippen LogP) is 4.73. The monoisotopic (exact) mass is 432 g/mol. The molecule has 0 spiro atoms. The van der Waals surface area contributed by atoms with E-state index in [0.29, 0.717) is 18.2 Å². The van der Waals surface area contributed by atoms with Crippen molar-refractivity contribution in [1.82, 2.24) is 24.7 Å². The van der Waals surface area contributed by atoms with Crippen molar-refractivity contribution in [3.63, 3.8) is 0 Å². The van der Waals surface area contributed by atoms with Gasteiger partial charge in [-0.15, -0.1) is 0 Å². The van der Waals surface area contributed by atoms with Crippen LogP contribution in [0.25, 0.3) is 27.5 Å². The molecular formula is C24H28N6O2. The summed E-state index contributed by atoms with van der Waals surface area (Å²) in [6, 6.07) is 5.95. The number of methoxy groups -OCH3 is 1. The molecule has 0 aliphatic rings. The molecule has 4 aromatic rings. The third kappa shape index (κ3) is 3.73. The lowest BCUT2D eigenvalue weighted by molar-refractivity contribution is 0.270. The molecule has 0 saturated heterocycles. The van der Waals surface area contributed by atoms with Gasteiger partial charge in [-0.3, -0.25) is 0 Å². The number of aliphatic hydroxyl groups is 1. The highest BCUT2D eigenvalue weighted by atomic mass is 16.5. The van der Waals surface area contributed by atoms with Crippen molar-refractivity contribution in [1.29, 1.82) is 0 Å². The highest BCUT2D eigenvalue weighted by molar-refractivity contribution is 6.13. The van der Waals surface area contributed by atoms with Crippen molar-refractivity contribution in [3.05, 3.63) is 53.5 Å². The lowest BCUT2D eigenvalue weighted by Crippen LogP contribution is -2.08. The number of benzene rings is 1. The number of hydrogen-bond acceptors (Lipinski definition) is 6. The Labute approximate surface area is 186 Å². The minimum Gasteiger partial charge on any atom is -0.496 e. The summed E-state index contributed by atoms with van der Waals surface area (Å²) < 4.78 is 7.48. The molecule has 4 rings (SSSR count). The Morgan fingerprint density at radius 1 is 1.25 bits per heavy atom. The maximum Gasteiger partial charge on any atom is 0.145 e. The van der Waals surface area contributed by atoms with Crippen molar-refractivity contribution < 1.29 is 9.84 Å². The van der Waals surface area contributed by atoms with E-state index < -0.39 is 0 Å². The predicted molar refractivity (Wildman–Crippen MR) is 128 cm³/mol. The van der Waals surface area contributed by atoms with Gasteiger partial charge in [0.15, 0.2) is 0 Å². The molecule has 8 nitrogen and oxygen atoms in total. The normalized spacial score (nSPS) is 11.2. The number of ether oxygens (including phenoxy) is 1. The van der Waals surface area contributed by atoms with Gasteiger partial charge in [0, 0.05) is 22.5 Å². The molecule has 166 valence electrons. The summed E-state index contributed by atoms with van der Waals surface area (Å²) in [6.45, 7) is 12.6. The zero-order chi connectivity index (χ0) is 23.0. The average Bonchev–Trinajstić information content (AvgIpc) is 3.30. The second-order valence-electron chi connectivity index (χ2n) is 8.01. The molecule has 3 heterocycles. The molecule has 3 N–H and O–H groups in total. The first-order valence-corrected chi connectivity index (χ1v) is 10.5. The molecule has 0 radical (unpaired) electrons. The highest BCUT2D eigenvalue weighted by Crippen LogP contribution is 2.39. The molecule has 0 amide bonds. The number of fused-ring (bicyclic) bond motifs is 3. The molecule has 3 aromatic heterocycles. The second kappa shape index (κ2) is 8.47. The fourth-order valence-corrected chi connectivity index (χ4v) is 4.15. The molecule has 0 atom stereocenters. The number of allylic oxidation sites excluding steroid dienone is 3. The number of rotatable bonds is 7. The number of nitrogens with one attached hydrogen (secondary N) is 2. The van der Waals surface area contributed by atoms with Gasteiger partial charge in [-0.05, 0) is 45.4 Å².